The molecule has 13 aromatic rings. The molecule has 0 saturated heterocycles. The van der Waals surface area contributed by atoms with Gasteiger partial charge in [0.1, 0.15) is 0 Å². The number of para-hydroxylation sites is 1. The number of aromatic nitrogens is 1. The predicted octanol–water partition coefficient (Wildman–Crippen LogP) is 17.8. The first kappa shape index (κ1) is 37.7. The van der Waals surface area contributed by atoms with Crippen molar-refractivity contribution in [2.45, 2.75) is 5.41 Å². The number of fused-ring (bicyclic) bond motifs is 18. The van der Waals surface area contributed by atoms with Gasteiger partial charge in [-0.1, -0.05) is 182 Å². The summed E-state index contributed by atoms with van der Waals surface area (Å²) < 4.78 is 5.06. The maximum Gasteiger partial charge on any atom is 0.0726 e. The maximum atomic E-state index is 2.51. The van der Waals surface area contributed by atoms with Gasteiger partial charge in [-0.2, -0.15) is 0 Å². The van der Waals surface area contributed by atoms with E-state index in [0.717, 1.165) is 17.1 Å². The highest BCUT2D eigenvalue weighted by atomic mass is 32.1. The van der Waals surface area contributed by atoms with Gasteiger partial charge in [0.25, 0.3) is 0 Å². The van der Waals surface area contributed by atoms with Gasteiger partial charge in [-0.05, 0) is 116 Å². The van der Waals surface area contributed by atoms with Gasteiger partial charge in [-0.3, -0.25) is 0 Å². The molecule has 0 aliphatic heterocycles. The Labute approximate surface area is 397 Å². The van der Waals surface area contributed by atoms with Crippen LogP contribution in [-0.4, -0.2) is 4.57 Å². The van der Waals surface area contributed by atoms with E-state index < -0.39 is 5.41 Å². The summed E-state index contributed by atoms with van der Waals surface area (Å²) in [6.07, 6.45) is 0. The van der Waals surface area contributed by atoms with Gasteiger partial charge in [0.05, 0.1) is 22.1 Å². The summed E-state index contributed by atoms with van der Waals surface area (Å²) in [4.78, 5) is 2.51. The first-order valence-electron chi connectivity index (χ1n) is 23.5. The van der Waals surface area contributed by atoms with Crippen LogP contribution in [-0.2, 0) is 5.41 Å². The van der Waals surface area contributed by atoms with Gasteiger partial charge >= 0.3 is 0 Å². The molecule has 0 saturated carbocycles. The molecular formula is C65H40N2S. The third-order valence-corrected chi connectivity index (χ3v) is 16.1. The fraction of sp³-hybridized carbons (Fsp3) is 0.0154. The van der Waals surface area contributed by atoms with Crippen molar-refractivity contribution in [1.29, 1.82) is 0 Å². The lowest BCUT2D eigenvalue weighted by Gasteiger charge is -2.32. The zero-order chi connectivity index (χ0) is 44.5. The number of nitrogens with zero attached hydrogens (tertiary/aromatic N) is 2. The van der Waals surface area contributed by atoms with E-state index in [2.05, 4.69) is 252 Å². The average Bonchev–Trinajstić information content (AvgIpc) is 4.13. The van der Waals surface area contributed by atoms with Crippen LogP contribution < -0.4 is 4.90 Å². The van der Waals surface area contributed by atoms with Crippen LogP contribution in [0.25, 0.3) is 91.8 Å². The molecule has 0 atom stereocenters. The van der Waals surface area contributed by atoms with E-state index in [9.17, 15) is 0 Å². The fourth-order valence-corrected chi connectivity index (χ4v) is 13.3. The van der Waals surface area contributed by atoms with Crippen molar-refractivity contribution in [2.24, 2.45) is 0 Å². The lowest BCUT2D eigenvalue weighted by atomic mass is 9.70. The number of hydrogen-bond acceptors (Lipinski definition) is 2. The van der Waals surface area contributed by atoms with E-state index in [-0.39, 0.29) is 0 Å². The van der Waals surface area contributed by atoms with Crippen LogP contribution in [0.5, 0.6) is 0 Å². The Morgan fingerprint density at radius 3 is 1.76 bits per heavy atom. The molecule has 2 aliphatic carbocycles. The normalized spacial score (nSPS) is 13.1. The maximum absolute atomic E-state index is 2.51. The summed E-state index contributed by atoms with van der Waals surface area (Å²) in [7, 11) is 0. The Hall–Kier alpha value is -8.50. The third kappa shape index (κ3) is 5.11. The molecule has 0 unspecified atom stereocenters. The van der Waals surface area contributed by atoms with Gasteiger partial charge in [-0.25, -0.2) is 0 Å². The van der Waals surface area contributed by atoms with E-state index in [0.29, 0.717) is 0 Å². The molecule has 2 aromatic heterocycles. The quantitative estimate of drug-likeness (QED) is 0.167. The number of benzene rings is 11. The topological polar surface area (TPSA) is 8.17 Å². The zero-order valence-electron chi connectivity index (χ0n) is 36.9. The van der Waals surface area contributed by atoms with Crippen LogP contribution in [0.2, 0.25) is 0 Å². The third-order valence-electron chi connectivity index (χ3n) is 15.0. The molecular weight excluding hydrogens is 841 g/mol. The summed E-state index contributed by atoms with van der Waals surface area (Å²) in [5.41, 5.74) is 19.5. The van der Waals surface area contributed by atoms with Crippen molar-refractivity contribution in [2.75, 3.05) is 4.90 Å². The molecule has 0 fully saturated rings. The molecule has 0 bridgehead atoms. The van der Waals surface area contributed by atoms with Crippen molar-refractivity contribution >= 4 is 81.1 Å². The Morgan fingerprint density at radius 1 is 0.368 bits per heavy atom. The molecule has 0 N–H and O–H groups in total. The molecule has 11 aromatic carbocycles. The van der Waals surface area contributed by atoms with Crippen LogP contribution in [0.15, 0.2) is 243 Å². The molecule has 2 aliphatic rings. The van der Waals surface area contributed by atoms with Crippen molar-refractivity contribution in [3.05, 3.63) is 265 Å². The number of hydrogen-bond donors (Lipinski definition) is 0. The summed E-state index contributed by atoms with van der Waals surface area (Å²) in [5.74, 6) is 0. The number of rotatable bonds is 5. The summed E-state index contributed by atoms with van der Waals surface area (Å²) >= 11 is 1.87. The summed E-state index contributed by atoms with van der Waals surface area (Å²) in [6, 6.07) is 90.6. The molecule has 1 spiro atoms. The highest BCUT2D eigenvalue weighted by Gasteiger charge is 2.52. The summed E-state index contributed by atoms with van der Waals surface area (Å²) in [5, 5.41) is 7.59. The molecule has 0 amide bonds. The van der Waals surface area contributed by atoms with E-state index in [1.54, 1.807) is 0 Å². The standard InChI is InChI=1S/C65H40N2S/c1-2-16-44(17-3-1)67-60-39-43(32-36-50(60)52-37-31-42-15-4-5-18-47(42)64(52)67)41-29-33-45(34-30-41)66(46-35-38-62-54(40-46)51-21-9-13-28-61(51)68-62)59-27-14-26-58-63(59)53-22-8-12-25-57(53)65(58)55-23-10-6-19-48(55)49-20-7-11-24-56(49)65/h1-40H. The Kier molecular flexibility index (Phi) is 7.90. The van der Waals surface area contributed by atoms with Crippen LogP contribution in [0, 0.1) is 0 Å². The second-order valence-electron chi connectivity index (χ2n) is 18.3. The lowest BCUT2D eigenvalue weighted by molar-refractivity contribution is 0.794. The van der Waals surface area contributed by atoms with Gasteiger partial charge in [0.15, 0.2) is 0 Å². The average molecular weight is 881 g/mol. The highest BCUT2D eigenvalue weighted by Crippen LogP contribution is 2.64. The molecule has 3 heteroatoms. The smallest absolute Gasteiger partial charge is 0.0726 e. The van der Waals surface area contributed by atoms with Gasteiger partial charge < -0.3 is 9.47 Å². The summed E-state index contributed by atoms with van der Waals surface area (Å²) in [6.45, 7) is 0. The minimum absolute atomic E-state index is 0.439. The molecule has 0 radical (unpaired) electrons. The first-order valence-corrected chi connectivity index (χ1v) is 24.3. The largest absolute Gasteiger partial charge is 0.310 e. The number of thiophene rings is 1. The Balaban J connectivity index is 0.944. The second kappa shape index (κ2) is 14.3. The van der Waals surface area contributed by atoms with Crippen molar-refractivity contribution in [3.63, 3.8) is 0 Å². The van der Waals surface area contributed by atoms with Crippen molar-refractivity contribution < 1.29 is 0 Å². The second-order valence-corrected chi connectivity index (χ2v) is 19.4. The molecule has 15 rings (SSSR count). The monoisotopic (exact) mass is 880 g/mol. The van der Waals surface area contributed by atoms with Gasteiger partial charge in [-0.15, -0.1) is 11.3 Å². The SMILES string of the molecule is c1ccc(-n2c3cc(-c4ccc(N(c5ccc6sc7ccccc7c6c5)c5cccc6c5-c5ccccc5C65c6ccccc6-c6ccccc65)cc4)ccc3c3ccc4ccccc4c32)cc1. The zero-order valence-corrected chi connectivity index (χ0v) is 37.7. The molecule has 316 valence electrons. The van der Waals surface area contributed by atoms with Crippen molar-refractivity contribution in [3.8, 4) is 39.1 Å². The van der Waals surface area contributed by atoms with Crippen LogP contribution in [0.1, 0.15) is 22.3 Å². The van der Waals surface area contributed by atoms with Crippen LogP contribution >= 0.6 is 11.3 Å². The molecule has 2 heterocycles. The first-order chi connectivity index (χ1) is 33.7. The lowest BCUT2D eigenvalue weighted by Crippen LogP contribution is -2.26. The van der Waals surface area contributed by atoms with Gasteiger partial charge in [0.2, 0.25) is 0 Å². The van der Waals surface area contributed by atoms with Crippen molar-refractivity contribution in [1.82, 2.24) is 4.57 Å². The van der Waals surface area contributed by atoms with E-state index in [1.807, 2.05) is 11.3 Å². The van der Waals surface area contributed by atoms with E-state index in [1.165, 1.54) is 114 Å². The highest BCUT2D eigenvalue weighted by molar-refractivity contribution is 7.25. The minimum atomic E-state index is -0.439. The number of anilines is 3. The fourth-order valence-electron chi connectivity index (χ4n) is 12.2. The van der Waals surface area contributed by atoms with Crippen LogP contribution in [0.3, 0.4) is 0 Å². The molecule has 68 heavy (non-hydrogen) atoms. The predicted molar refractivity (Wildman–Crippen MR) is 288 cm³/mol. The van der Waals surface area contributed by atoms with E-state index >= 15 is 0 Å². The van der Waals surface area contributed by atoms with Gasteiger partial charge in [0, 0.05) is 59.0 Å². The van der Waals surface area contributed by atoms with Crippen LogP contribution in [0.4, 0.5) is 17.1 Å². The Morgan fingerprint density at radius 2 is 0.971 bits per heavy atom. The molecule has 2 nitrogen and oxygen atoms in total. The Bertz CT molecular complexity index is 4170. The van der Waals surface area contributed by atoms with E-state index in [4.69, 9.17) is 0 Å². The minimum Gasteiger partial charge on any atom is -0.310 e.